The van der Waals surface area contributed by atoms with E-state index in [-0.39, 0.29) is 35.0 Å². The summed E-state index contributed by atoms with van der Waals surface area (Å²) in [5, 5.41) is 7.71. The van der Waals surface area contributed by atoms with E-state index in [1.165, 1.54) is 4.68 Å². The number of nitrogens with zero attached hydrogens (tertiary/aromatic N) is 3. The van der Waals surface area contributed by atoms with Crippen LogP contribution in [-0.4, -0.2) is 60.1 Å². The third-order valence-electron chi connectivity index (χ3n) is 7.36. The largest absolute Gasteiger partial charge is 0.382 e. The number of carbonyl (C=O) groups is 1. The van der Waals surface area contributed by atoms with Crippen LogP contribution >= 0.6 is 11.6 Å². The van der Waals surface area contributed by atoms with Gasteiger partial charge in [0.1, 0.15) is 5.02 Å². The number of carbonyl (C=O) groups excluding carboxylic acids is 1. The van der Waals surface area contributed by atoms with E-state index in [2.05, 4.69) is 17.3 Å². The van der Waals surface area contributed by atoms with Crippen LogP contribution in [0.4, 0.5) is 5.69 Å². The molecule has 8 nitrogen and oxygen atoms in total. The number of ether oxygens (including phenoxy) is 2. The molecule has 1 aromatic carbocycles. The molecule has 4 rings (SSSR count). The van der Waals surface area contributed by atoms with Crippen molar-refractivity contribution in [3.05, 3.63) is 81.8 Å². The van der Waals surface area contributed by atoms with Crippen LogP contribution in [0.1, 0.15) is 84.4 Å². The van der Waals surface area contributed by atoms with Gasteiger partial charge in [0.05, 0.1) is 30.6 Å². The van der Waals surface area contributed by atoms with Gasteiger partial charge in [0, 0.05) is 39.3 Å². The predicted octanol–water partition coefficient (Wildman–Crippen LogP) is 7.23. The van der Waals surface area contributed by atoms with Gasteiger partial charge in [0.15, 0.2) is 0 Å². The molecule has 9 heteroatoms. The van der Waals surface area contributed by atoms with Gasteiger partial charge >= 0.3 is 0 Å². The first-order valence-corrected chi connectivity index (χ1v) is 16.0. The Kier molecular flexibility index (Phi) is 17.6. The summed E-state index contributed by atoms with van der Waals surface area (Å²) < 4.78 is 11.9. The summed E-state index contributed by atoms with van der Waals surface area (Å²) in [7, 11) is 0. The van der Waals surface area contributed by atoms with Gasteiger partial charge < -0.3 is 19.7 Å². The molecule has 2 aliphatic heterocycles. The Hall–Kier alpha value is -2.94. The third kappa shape index (κ3) is 12.3. The van der Waals surface area contributed by atoms with Crippen LogP contribution in [0.3, 0.4) is 0 Å². The second kappa shape index (κ2) is 20.9. The number of likely N-dealkylation sites (tertiary alicyclic amines) is 1. The molecule has 3 heterocycles. The maximum Gasteiger partial charge on any atom is 0.287 e. The molecule has 0 aliphatic carbocycles. The highest BCUT2D eigenvalue weighted by atomic mass is 35.5. The molecule has 2 fully saturated rings. The molecule has 3 unspecified atom stereocenters. The zero-order valence-corrected chi connectivity index (χ0v) is 27.4. The highest BCUT2D eigenvalue weighted by molar-refractivity contribution is 6.32. The fraction of sp³-hybridized carbons (Fsp3) is 0.559. The lowest BCUT2D eigenvalue weighted by atomic mass is 9.99. The summed E-state index contributed by atoms with van der Waals surface area (Å²) in [4.78, 5) is 27.6. The van der Waals surface area contributed by atoms with E-state index in [0.717, 1.165) is 51.3 Å². The second-order valence-corrected chi connectivity index (χ2v) is 11.0. The molecular weight excluding hydrogens is 564 g/mol. The number of benzene rings is 1. The zero-order valence-electron chi connectivity index (χ0n) is 26.6. The third-order valence-corrected chi connectivity index (χ3v) is 7.72. The molecule has 1 aromatic heterocycles. The number of aromatic nitrogens is 2. The van der Waals surface area contributed by atoms with Gasteiger partial charge in [-0.2, -0.15) is 5.10 Å². The fourth-order valence-electron chi connectivity index (χ4n) is 4.93. The van der Waals surface area contributed by atoms with Crippen LogP contribution < -0.4 is 10.9 Å². The molecular formula is C34H51ClN4O4. The maximum atomic E-state index is 12.9. The van der Waals surface area contributed by atoms with Gasteiger partial charge in [-0.25, -0.2) is 4.68 Å². The number of hydrogen-bond acceptors (Lipinski definition) is 6. The van der Waals surface area contributed by atoms with E-state index >= 15 is 0 Å². The van der Waals surface area contributed by atoms with Crippen molar-refractivity contribution in [1.29, 1.82) is 0 Å². The first kappa shape index (κ1) is 36.3. The molecule has 43 heavy (non-hydrogen) atoms. The molecule has 238 valence electrons. The number of piperidine rings is 1. The van der Waals surface area contributed by atoms with E-state index in [1.807, 2.05) is 87.2 Å². The molecule has 3 atom stereocenters. The summed E-state index contributed by atoms with van der Waals surface area (Å²) in [5.41, 5.74) is 1.29. The van der Waals surface area contributed by atoms with Crippen molar-refractivity contribution in [2.75, 3.05) is 44.8 Å². The van der Waals surface area contributed by atoms with Crippen molar-refractivity contribution in [3.63, 3.8) is 0 Å². The molecule has 0 saturated carbocycles. The Balaban J connectivity index is 0.000000455. The first-order chi connectivity index (χ1) is 20.9. The number of allylic oxidation sites excluding steroid dienone is 4. The van der Waals surface area contributed by atoms with Crippen molar-refractivity contribution in [2.45, 2.75) is 78.8 Å². The lowest BCUT2D eigenvalue weighted by molar-refractivity contribution is -0.137. The Bertz CT molecular complexity index is 1160. The van der Waals surface area contributed by atoms with E-state index in [0.29, 0.717) is 31.1 Å². The van der Waals surface area contributed by atoms with Crippen LogP contribution in [-0.2, 0) is 14.3 Å². The minimum Gasteiger partial charge on any atom is -0.382 e. The lowest BCUT2D eigenvalue weighted by Gasteiger charge is -2.36. The summed E-state index contributed by atoms with van der Waals surface area (Å²) in [6.45, 7) is 14.7. The van der Waals surface area contributed by atoms with Crippen molar-refractivity contribution in [1.82, 2.24) is 14.7 Å². The minimum absolute atomic E-state index is 0.00161. The standard InChI is InChI=1S/C23H29ClN4O3.C6H10.C5H12O/c1-16(18-7-3-2-4-8-18)27-10-9-19(12-21(27)29)28-23(30)22(24)20(14-26-28)25-13-17-6-5-11-31-15-17;2*1-3-5-6-4-2/h2-4,7-8,14,16-17,19,25H,5-6,9-13,15H2,1H3;3-6H,1-2H3;3-5H2,1-2H3/b;5-3-,6-4-;. The summed E-state index contributed by atoms with van der Waals surface area (Å²) in [6, 6.07) is 9.70. The highest BCUT2D eigenvalue weighted by Crippen LogP contribution is 2.29. The molecule has 2 aromatic rings. The van der Waals surface area contributed by atoms with Crippen LogP contribution in [0.5, 0.6) is 0 Å². The van der Waals surface area contributed by atoms with Crippen molar-refractivity contribution < 1.29 is 14.3 Å². The Labute approximate surface area is 263 Å². The van der Waals surface area contributed by atoms with Crippen LogP contribution in [0.15, 0.2) is 65.6 Å². The molecule has 1 N–H and O–H groups in total. The molecule has 0 radical (unpaired) electrons. The number of hydrogen-bond donors (Lipinski definition) is 1. The number of amides is 1. The number of nitrogens with one attached hydrogen (secondary N) is 1. The van der Waals surface area contributed by atoms with Gasteiger partial charge in [-0.15, -0.1) is 0 Å². The quantitative estimate of drug-likeness (QED) is 0.224. The summed E-state index contributed by atoms with van der Waals surface area (Å²) in [6.07, 6.45) is 13.8. The smallest absolute Gasteiger partial charge is 0.287 e. The topological polar surface area (TPSA) is 85.7 Å². The Morgan fingerprint density at radius 3 is 2.42 bits per heavy atom. The van der Waals surface area contributed by atoms with Gasteiger partial charge in [-0.05, 0) is 64.9 Å². The van der Waals surface area contributed by atoms with E-state index in [4.69, 9.17) is 21.1 Å². The van der Waals surface area contributed by atoms with Gasteiger partial charge in [-0.3, -0.25) is 9.59 Å². The second-order valence-electron chi connectivity index (χ2n) is 10.7. The minimum atomic E-state index is -0.353. The highest BCUT2D eigenvalue weighted by Gasteiger charge is 2.32. The Morgan fingerprint density at radius 2 is 1.86 bits per heavy atom. The van der Waals surface area contributed by atoms with Crippen molar-refractivity contribution in [3.8, 4) is 0 Å². The SMILES string of the molecule is C/C=C\C=C/C.CC(c1ccccc1)N1CCC(n2ncc(NCC3CCCOC3)c(Cl)c2=O)CC1=O.CCCOCC. The van der Waals surface area contributed by atoms with Crippen LogP contribution in [0, 0.1) is 5.92 Å². The number of anilines is 1. The Morgan fingerprint density at radius 1 is 1.14 bits per heavy atom. The van der Waals surface area contributed by atoms with Gasteiger partial charge in [0.25, 0.3) is 5.56 Å². The zero-order chi connectivity index (χ0) is 31.5. The normalized spacial score (nSPS) is 19.4. The van der Waals surface area contributed by atoms with Crippen LogP contribution in [0.25, 0.3) is 0 Å². The molecule has 0 bridgehead atoms. The monoisotopic (exact) mass is 614 g/mol. The number of halogens is 1. The first-order valence-electron chi connectivity index (χ1n) is 15.6. The van der Waals surface area contributed by atoms with Gasteiger partial charge in [-0.1, -0.05) is 73.2 Å². The van der Waals surface area contributed by atoms with E-state index < -0.39 is 0 Å². The van der Waals surface area contributed by atoms with Crippen molar-refractivity contribution in [2.24, 2.45) is 5.92 Å². The van der Waals surface area contributed by atoms with Gasteiger partial charge in [0.2, 0.25) is 5.91 Å². The lowest BCUT2D eigenvalue weighted by Crippen LogP contribution is -2.43. The van der Waals surface area contributed by atoms with Crippen molar-refractivity contribution >= 4 is 23.2 Å². The maximum absolute atomic E-state index is 12.9. The average molecular weight is 615 g/mol. The predicted molar refractivity (Wildman–Crippen MR) is 177 cm³/mol. The molecule has 2 saturated heterocycles. The molecule has 2 aliphatic rings. The van der Waals surface area contributed by atoms with E-state index in [9.17, 15) is 9.59 Å². The summed E-state index contributed by atoms with van der Waals surface area (Å²) in [5.74, 6) is 0.428. The molecule has 0 spiro atoms. The van der Waals surface area contributed by atoms with Crippen LogP contribution in [0.2, 0.25) is 5.02 Å². The van der Waals surface area contributed by atoms with E-state index in [1.54, 1.807) is 6.20 Å². The average Bonchev–Trinajstić information content (AvgIpc) is 3.04. The molecule has 1 amide bonds. The summed E-state index contributed by atoms with van der Waals surface area (Å²) >= 11 is 6.37. The number of rotatable bonds is 10. The fourth-order valence-corrected chi connectivity index (χ4v) is 5.13.